The number of nitrogens with zero attached hydrogens (tertiary/aromatic N) is 2. The maximum absolute atomic E-state index is 12.2. The highest BCUT2D eigenvalue weighted by Crippen LogP contribution is 2.25. The van der Waals surface area contributed by atoms with Gasteiger partial charge in [0.25, 0.3) is 0 Å². The van der Waals surface area contributed by atoms with Gasteiger partial charge in [-0.15, -0.1) is 0 Å². The third-order valence-corrected chi connectivity index (χ3v) is 4.36. The van der Waals surface area contributed by atoms with Gasteiger partial charge in [-0.3, -0.25) is 4.68 Å². The number of benzene rings is 1. The molecule has 5 nitrogen and oxygen atoms in total. The van der Waals surface area contributed by atoms with Gasteiger partial charge in [0.05, 0.1) is 11.1 Å². The zero-order chi connectivity index (χ0) is 12.6. The molecule has 1 aromatic heterocycles. The number of aromatic nitrogens is 2. The Balaban J connectivity index is 2.58. The van der Waals surface area contributed by atoms with Gasteiger partial charge in [-0.2, -0.15) is 5.10 Å². The highest BCUT2D eigenvalue weighted by Gasteiger charge is 2.22. The second kappa shape index (κ2) is 3.89. The van der Waals surface area contributed by atoms with E-state index in [9.17, 15) is 8.42 Å². The van der Waals surface area contributed by atoms with Gasteiger partial charge in [0, 0.05) is 7.05 Å². The largest absolute Gasteiger partial charge is 0.383 e. The summed E-state index contributed by atoms with van der Waals surface area (Å²) >= 11 is 0. The molecular formula is C11H13N3O2S. The van der Waals surface area contributed by atoms with E-state index in [1.807, 2.05) is 6.92 Å². The highest BCUT2D eigenvalue weighted by atomic mass is 32.2. The lowest BCUT2D eigenvalue weighted by atomic mass is 10.2. The van der Waals surface area contributed by atoms with Crippen LogP contribution in [0.3, 0.4) is 0 Å². The van der Waals surface area contributed by atoms with Gasteiger partial charge >= 0.3 is 0 Å². The first-order valence-electron chi connectivity index (χ1n) is 5.02. The summed E-state index contributed by atoms with van der Waals surface area (Å²) < 4.78 is 25.8. The fourth-order valence-electron chi connectivity index (χ4n) is 1.48. The third kappa shape index (κ3) is 1.91. The molecule has 0 radical (unpaired) electrons. The summed E-state index contributed by atoms with van der Waals surface area (Å²) in [6, 6.07) is 6.63. The minimum atomic E-state index is -3.57. The van der Waals surface area contributed by atoms with Crippen molar-refractivity contribution in [2.24, 2.45) is 7.05 Å². The smallest absolute Gasteiger partial charge is 0.211 e. The van der Waals surface area contributed by atoms with Gasteiger partial charge in [-0.1, -0.05) is 17.7 Å². The molecule has 0 saturated carbocycles. The van der Waals surface area contributed by atoms with Crippen LogP contribution in [0.25, 0.3) is 0 Å². The average Bonchev–Trinajstić information content (AvgIpc) is 2.61. The summed E-state index contributed by atoms with van der Waals surface area (Å²) in [6.45, 7) is 1.90. The molecule has 0 bridgehead atoms. The van der Waals surface area contributed by atoms with E-state index in [1.54, 1.807) is 31.3 Å². The average molecular weight is 251 g/mol. The molecular weight excluding hydrogens is 238 g/mol. The maximum atomic E-state index is 12.2. The van der Waals surface area contributed by atoms with Crippen LogP contribution in [0.2, 0.25) is 0 Å². The Morgan fingerprint density at radius 1 is 1.24 bits per heavy atom. The molecule has 1 aromatic carbocycles. The van der Waals surface area contributed by atoms with Gasteiger partial charge in [0.15, 0.2) is 0 Å². The van der Waals surface area contributed by atoms with Crippen LogP contribution in [-0.4, -0.2) is 18.2 Å². The number of rotatable bonds is 2. The fraction of sp³-hybridized carbons (Fsp3) is 0.182. The van der Waals surface area contributed by atoms with Crippen LogP contribution < -0.4 is 5.73 Å². The number of nitrogen functional groups attached to an aromatic ring is 1. The Hall–Kier alpha value is -1.82. The van der Waals surface area contributed by atoms with Crippen molar-refractivity contribution >= 4 is 15.7 Å². The molecule has 90 valence electrons. The van der Waals surface area contributed by atoms with Crippen LogP contribution in [0.1, 0.15) is 5.56 Å². The first-order valence-corrected chi connectivity index (χ1v) is 6.50. The SMILES string of the molecule is Cc1ccc(S(=O)(=O)c2cnn(C)c2N)cc1. The van der Waals surface area contributed by atoms with Crippen molar-refractivity contribution in [3.8, 4) is 0 Å². The molecule has 0 aliphatic heterocycles. The zero-order valence-corrected chi connectivity index (χ0v) is 10.4. The van der Waals surface area contributed by atoms with Gasteiger partial charge in [0.1, 0.15) is 10.7 Å². The standard InChI is InChI=1S/C11H13N3O2S/c1-8-3-5-9(6-4-8)17(15,16)10-7-13-14(2)11(10)12/h3-7H,12H2,1-2H3. The van der Waals surface area contributed by atoms with E-state index in [-0.39, 0.29) is 15.6 Å². The van der Waals surface area contributed by atoms with Crippen molar-refractivity contribution in [3.63, 3.8) is 0 Å². The molecule has 2 rings (SSSR count). The predicted octanol–water partition coefficient (Wildman–Crippen LogP) is 1.14. The molecule has 17 heavy (non-hydrogen) atoms. The van der Waals surface area contributed by atoms with Crippen LogP contribution in [0.5, 0.6) is 0 Å². The zero-order valence-electron chi connectivity index (χ0n) is 9.58. The Morgan fingerprint density at radius 2 is 1.82 bits per heavy atom. The summed E-state index contributed by atoms with van der Waals surface area (Å²) in [5.41, 5.74) is 6.68. The minimum Gasteiger partial charge on any atom is -0.383 e. The third-order valence-electron chi connectivity index (χ3n) is 2.57. The molecule has 0 spiro atoms. The number of nitrogens with two attached hydrogens (primary N) is 1. The molecule has 6 heteroatoms. The lowest BCUT2D eigenvalue weighted by molar-refractivity contribution is 0.596. The fourth-order valence-corrected chi connectivity index (χ4v) is 2.82. The normalized spacial score (nSPS) is 11.6. The molecule has 0 unspecified atom stereocenters. The molecule has 2 aromatic rings. The first-order chi connectivity index (χ1) is 7.93. The van der Waals surface area contributed by atoms with Crippen LogP contribution in [0, 0.1) is 6.92 Å². The summed E-state index contributed by atoms with van der Waals surface area (Å²) in [5, 5.41) is 3.84. The van der Waals surface area contributed by atoms with Crippen molar-refractivity contribution in [3.05, 3.63) is 36.0 Å². The molecule has 1 heterocycles. The van der Waals surface area contributed by atoms with E-state index in [1.165, 1.54) is 10.9 Å². The molecule has 0 aliphatic rings. The second-order valence-corrected chi connectivity index (χ2v) is 5.75. The van der Waals surface area contributed by atoms with E-state index < -0.39 is 9.84 Å². The summed E-state index contributed by atoms with van der Waals surface area (Å²) in [7, 11) is -1.97. The minimum absolute atomic E-state index is 0.0452. The van der Waals surface area contributed by atoms with E-state index in [0.717, 1.165) is 5.56 Å². The lowest BCUT2D eigenvalue weighted by Gasteiger charge is -2.04. The number of anilines is 1. The monoisotopic (exact) mass is 251 g/mol. The summed E-state index contributed by atoms with van der Waals surface area (Å²) in [6.07, 6.45) is 1.27. The van der Waals surface area contributed by atoms with Crippen LogP contribution in [-0.2, 0) is 16.9 Å². The summed E-state index contributed by atoms with van der Waals surface area (Å²) in [4.78, 5) is 0.270. The predicted molar refractivity (Wildman–Crippen MR) is 64.3 cm³/mol. The topological polar surface area (TPSA) is 78.0 Å². The Kier molecular flexibility index (Phi) is 2.66. The van der Waals surface area contributed by atoms with Crippen molar-refractivity contribution in [1.82, 2.24) is 9.78 Å². The highest BCUT2D eigenvalue weighted by molar-refractivity contribution is 7.91. The van der Waals surface area contributed by atoms with Crippen molar-refractivity contribution in [2.75, 3.05) is 5.73 Å². The van der Waals surface area contributed by atoms with Crippen molar-refractivity contribution in [2.45, 2.75) is 16.7 Å². The second-order valence-electron chi connectivity index (χ2n) is 3.83. The van der Waals surface area contributed by atoms with E-state index in [2.05, 4.69) is 5.10 Å². The van der Waals surface area contributed by atoms with Crippen LogP contribution >= 0.6 is 0 Å². The van der Waals surface area contributed by atoms with E-state index >= 15 is 0 Å². The number of sulfone groups is 1. The van der Waals surface area contributed by atoms with Gasteiger partial charge in [-0.05, 0) is 19.1 Å². The summed E-state index contributed by atoms with van der Waals surface area (Å²) in [5.74, 6) is 0.144. The molecule has 0 amide bonds. The lowest BCUT2D eigenvalue weighted by Crippen LogP contribution is -2.06. The van der Waals surface area contributed by atoms with Gasteiger partial charge in [-0.25, -0.2) is 8.42 Å². The van der Waals surface area contributed by atoms with Gasteiger partial charge in [0.2, 0.25) is 9.84 Å². The van der Waals surface area contributed by atoms with Gasteiger partial charge < -0.3 is 5.73 Å². The van der Waals surface area contributed by atoms with E-state index in [4.69, 9.17) is 5.73 Å². The molecule has 0 atom stereocenters. The quantitative estimate of drug-likeness (QED) is 0.868. The maximum Gasteiger partial charge on any atom is 0.211 e. The molecule has 0 aliphatic carbocycles. The first kappa shape index (κ1) is 11.7. The molecule has 0 fully saturated rings. The number of hydrogen-bond donors (Lipinski definition) is 1. The Bertz CT molecular complexity index is 642. The van der Waals surface area contributed by atoms with E-state index in [0.29, 0.717) is 0 Å². The Morgan fingerprint density at radius 3 is 2.29 bits per heavy atom. The molecule has 0 saturated heterocycles. The Labute approximate surface area is 99.8 Å². The number of hydrogen-bond acceptors (Lipinski definition) is 4. The van der Waals surface area contributed by atoms with Crippen LogP contribution in [0.4, 0.5) is 5.82 Å². The van der Waals surface area contributed by atoms with Crippen molar-refractivity contribution in [1.29, 1.82) is 0 Å². The molecule has 2 N–H and O–H groups in total. The van der Waals surface area contributed by atoms with Crippen molar-refractivity contribution < 1.29 is 8.42 Å². The van der Waals surface area contributed by atoms with Crippen LogP contribution in [0.15, 0.2) is 40.3 Å². The number of aryl methyl sites for hydroxylation is 2.